The maximum Gasteiger partial charge on any atom is 0.186 e. The van der Waals surface area contributed by atoms with Crippen LogP contribution in [0.15, 0.2) is 54.6 Å². The van der Waals surface area contributed by atoms with E-state index in [1.165, 1.54) is 0 Å². The molecular weight excluding hydrogens is 460 g/mol. The summed E-state index contributed by atoms with van der Waals surface area (Å²) in [5, 5.41) is 11.3. The zero-order valence-corrected chi connectivity index (χ0v) is 21.6. The average Bonchev–Trinajstić information content (AvgIpc) is 2.92. The standard InChI is InChI=1S/C29H40O7/c1-4-9-20(10-5-2)18-33-29-25(30)27(32-17-21-13-15-23(31-3)16-14-21)26-24(35-29)19-34-28(36-26)22-11-7-6-8-12-22/h6-8,11-16,20,24-30H,4-5,9-10,17-19H2,1-3H3/t24-,25-,26+,27-,28?,29-/m1/s1. The van der Waals surface area contributed by atoms with Gasteiger partial charge in [-0.2, -0.15) is 0 Å². The molecule has 1 N–H and O–H groups in total. The molecule has 7 heteroatoms. The lowest BCUT2D eigenvalue weighted by atomic mass is 9.96. The van der Waals surface area contributed by atoms with Crippen LogP contribution >= 0.6 is 0 Å². The number of aliphatic hydroxyl groups is 1. The van der Waals surface area contributed by atoms with Crippen LogP contribution in [0.3, 0.4) is 0 Å². The average molecular weight is 501 g/mol. The second kappa shape index (κ2) is 13.5. The van der Waals surface area contributed by atoms with Crippen LogP contribution in [0.25, 0.3) is 0 Å². The highest BCUT2D eigenvalue weighted by molar-refractivity contribution is 5.26. The summed E-state index contributed by atoms with van der Waals surface area (Å²) >= 11 is 0. The highest BCUT2D eigenvalue weighted by Crippen LogP contribution is 2.36. The topological polar surface area (TPSA) is 75.6 Å². The van der Waals surface area contributed by atoms with Crippen molar-refractivity contribution in [3.8, 4) is 5.75 Å². The fraction of sp³-hybridized carbons (Fsp3) is 0.586. The molecule has 0 aliphatic carbocycles. The minimum atomic E-state index is -0.997. The molecule has 2 fully saturated rings. The molecule has 2 saturated heterocycles. The molecule has 4 rings (SSSR count). The van der Waals surface area contributed by atoms with Crippen LogP contribution in [-0.4, -0.2) is 56.1 Å². The fourth-order valence-electron chi connectivity index (χ4n) is 4.94. The third-order valence-corrected chi connectivity index (χ3v) is 6.87. The fourth-order valence-corrected chi connectivity index (χ4v) is 4.94. The summed E-state index contributed by atoms with van der Waals surface area (Å²) in [7, 11) is 1.64. The normalized spacial score (nSPS) is 28.1. The van der Waals surface area contributed by atoms with E-state index in [4.69, 9.17) is 28.4 Å². The number of rotatable bonds is 12. The first-order valence-electron chi connectivity index (χ1n) is 13.1. The van der Waals surface area contributed by atoms with Crippen LogP contribution < -0.4 is 4.74 Å². The minimum Gasteiger partial charge on any atom is -0.497 e. The molecule has 2 aromatic rings. The Hall–Kier alpha value is -2.00. The summed E-state index contributed by atoms with van der Waals surface area (Å²) < 4.78 is 36.2. The Balaban J connectivity index is 1.47. The zero-order chi connectivity index (χ0) is 25.3. The number of benzene rings is 2. The van der Waals surface area contributed by atoms with Crippen molar-refractivity contribution >= 4 is 0 Å². The van der Waals surface area contributed by atoms with Crippen LogP contribution in [0.1, 0.15) is 56.9 Å². The van der Waals surface area contributed by atoms with E-state index in [9.17, 15) is 5.11 Å². The highest BCUT2D eigenvalue weighted by atomic mass is 16.8. The SMILES string of the molecule is CCCC(CCC)CO[C@@H]1O[C@@H]2COC(c3ccccc3)O[C@@H]2[C@H](OCc2ccc(OC)cc2)[C@H]1O. The zero-order valence-electron chi connectivity index (χ0n) is 21.6. The van der Waals surface area contributed by atoms with Crippen LogP contribution in [0.5, 0.6) is 5.75 Å². The Kier molecular flexibility index (Phi) is 10.2. The first kappa shape index (κ1) is 27.0. The molecule has 0 saturated carbocycles. The molecule has 0 bridgehead atoms. The molecule has 2 aliphatic heterocycles. The molecule has 0 aromatic heterocycles. The van der Waals surface area contributed by atoms with Crippen LogP contribution in [0, 0.1) is 5.92 Å². The first-order chi connectivity index (χ1) is 17.6. The molecular formula is C29H40O7. The van der Waals surface area contributed by atoms with Gasteiger partial charge < -0.3 is 33.5 Å². The monoisotopic (exact) mass is 500 g/mol. The molecule has 0 amide bonds. The lowest BCUT2D eigenvalue weighted by Crippen LogP contribution is -2.63. The molecule has 0 spiro atoms. The second-order valence-corrected chi connectivity index (χ2v) is 9.61. The van der Waals surface area contributed by atoms with E-state index >= 15 is 0 Å². The van der Waals surface area contributed by atoms with Crippen molar-refractivity contribution in [3.05, 3.63) is 65.7 Å². The van der Waals surface area contributed by atoms with Gasteiger partial charge >= 0.3 is 0 Å². The summed E-state index contributed by atoms with van der Waals surface area (Å²) in [6.07, 6.45) is 0.483. The van der Waals surface area contributed by atoms with Crippen molar-refractivity contribution in [1.29, 1.82) is 0 Å². The molecule has 198 valence electrons. The van der Waals surface area contributed by atoms with Crippen LogP contribution in [0.4, 0.5) is 0 Å². The predicted molar refractivity (Wildman–Crippen MR) is 136 cm³/mol. The summed E-state index contributed by atoms with van der Waals surface area (Å²) in [6, 6.07) is 17.5. The minimum absolute atomic E-state index is 0.316. The largest absolute Gasteiger partial charge is 0.497 e. The van der Waals surface area contributed by atoms with E-state index in [0.29, 0.717) is 25.7 Å². The lowest BCUT2D eigenvalue weighted by molar-refractivity contribution is -0.367. The van der Waals surface area contributed by atoms with Crippen LogP contribution in [0.2, 0.25) is 0 Å². The van der Waals surface area contributed by atoms with Gasteiger partial charge in [0.25, 0.3) is 0 Å². The predicted octanol–water partition coefficient (Wildman–Crippen LogP) is 5.01. The molecule has 6 atom stereocenters. The number of fused-ring (bicyclic) bond motifs is 1. The maximum absolute atomic E-state index is 11.3. The van der Waals surface area contributed by atoms with E-state index in [-0.39, 0.29) is 0 Å². The Morgan fingerprint density at radius 3 is 2.33 bits per heavy atom. The Morgan fingerprint density at radius 1 is 0.944 bits per heavy atom. The Bertz CT molecular complexity index is 884. The Labute approximate surface area is 214 Å². The number of hydrogen-bond donors (Lipinski definition) is 1. The van der Waals surface area contributed by atoms with Gasteiger partial charge in [-0.15, -0.1) is 0 Å². The molecule has 2 heterocycles. The van der Waals surface area contributed by atoms with Gasteiger partial charge in [0.1, 0.15) is 30.2 Å². The van der Waals surface area contributed by atoms with Crippen molar-refractivity contribution in [3.63, 3.8) is 0 Å². The van der Waals surface area contributed by atoms with E-state index in [2.05, 4.69) is 13.8 Å². The second-order valence-electron chi connectivity index (χ2n) is 9.61. The van der Waals surface area contributed by atoms with Crippen molar-refractivity contribution in [2.75, 3.05) is 20.3 Å². The summed E-state index contributed by atoms with van der Waals surface area (Å²) in [5.74, 6) is 1.22. The van der Waals surface area contributed by atoms with Gasteiger partial charge in [0.2, 0.25) is 0 Å². The summed E-state index contributed by atoms with van der Waals surface area (Å²) in [5.41, 5.74) is 1.89. The van der Waals surface area contributed by atoms with Crippen molar-refractivity contribution in [2.24, 2.45) is 5.92 Å². The molecule has 0 radical (unpaired) electrons. The summed E-state index contributed by atoms with van der Waals surface area (Å²) in [4.78, 5) is 0. The quantitative estimate of drug-likeness (QED) is 0.439. The smallest absolute Gasteiger partial charge is 0.186 e. The van der Waals surface area contributed by atoms with Gasteiger partial charge in [0, 0.05) is 5.56 Å². The van der Waals surface area contributed by atoms with Crippen molar-refractivity contribution in [2.45, 2.75) is 83.1 Å². The van der Waals surface area contributed by atoms with E-state index in [0.717, 1.165) is 42.6 Å². The van der Waals surface area contributed by atoms with Gasteiger partial charge in [-0.25, -0.2) is 0 Å². The van der Waals surface area contributed by atoms with Gasteiger partial charge in [-0.3, -0.25) is 0 Å². The molecule has 7 nitrogen and oxygen atoms in total. The Morgan fingerprint density at radius 2 is 1.67 bits per heavy atom. The molecule has 36 heavy (non-hydrogen) atoms. The van der Waals surface area contributed by atoms with Gasteiger partial charge in [-0.1, -0.05) is 69.2 Å². The maximum atomic E-state index is 11.3. The first-order valence-corrected chi connectivity index (χ1v) is 13.1. The third kappa shape index (κ3) is 6.85. The lowest BCUT2D eigenvalue weighted by Gasteiger charge is -2.47. The molecule has 2 aliphatic rings. The van der Waals surface area contributed by atoms with E-state index in [1.54, 1.807) is 7.11 Å². The summed E-state index contributed by atoms with van der Waals surface area (Å²) in [6.45, 7) is 5.55. The van der Waals surface area contributed by atoms with Gasteiger partial charge in [0.05, 0.1) is 26.9 Å². The number of ether oxygens (including phenoxy) is 6. The number of methoxy groups -OCH3 is 1. The van der Waals surface area contributed by atoms with E-state index < -0.39 is 37.0 Å². The number of hydrogen-bond acceptors (Lipinski definition) is 7. The number of aliphatic hydroxyl groups excluding tert-OH is 1. The van der Waals surface area contributed by atoms with Crippen molar-refractivity contribution < 1.29 is 33.5 Å². The van der Waals surface area contributed by atoms with Gasteiger partial charge in [0.15, 0.2) is 12.6 Å². The van der Waals surface area contributed by atoms with Crippen LogP contribution in [-0.2, 0) is 30.3 Å². The molecule has 1 unspecified atom stereocenters. The highest BCUT2D eigenvalue weighted by Gasteiger charge is 2.50. The molecule has 2 aromatic carbocycles. The van der Waals surface area contributed by atoms with E-state index in [1.807, 2.05) is 54.6 Å². The van der Waals surface area contributed by atoms with Crippen molar-refractivity contribution in [1.82, 2.24) is 0 Å². The third-order valence-electron chi connectivity index (χ3n) is 6.87. The van der Waals surface area contributed by atoms with Gasteiger partial charge in [-0.05, 0) is 36.5 Å².